The Morgan fingerprint density at radius 3 is 2.20 bits per heavy atom. The molecule has 2 aliphatic rings. The van der Waals surface area contributed by atoms with Crippen molar-refractivity contribution < 1.29 is 29.0 Å². The quantitative estimate of drug-likeness (QED) is 0.190. The van der Waals surface area contributed by atoms with Crippen molar-refractivity contribution in [3.63, 3.8) is 0 Å². The summed E-state index contributed by atoms with van der Waals surface area (Å²) in [5.41, 5.74) is 3.62. The standard InChI is InChI=1S/C17H23NO3.C14H21NO2.C6H10O/c1-14(11-16(20)21)12-17(15-5-3-2-4-6-15)7-9-18(13-19)10-8-17;1-4-6-11-7-12(9-13(8-11)17-3)10-15-14(16)5-2;1-7-6-4-2-3-5-6/h2-6,13-14H,7-12H2,1H3,(H,20,21);7-9H,4-6,10H2,1-3H3,(H,15,16);2-3,6H,4-5H2,1H3. The topological polar surface area (TPSA) is 105 Å². The first-order valence-corrected chi connectivity index (χ1v) is 16.3. The lowest BCUT2D eigenvalue weighted by Gasteiger charge is -2.42. The zero-order chi connectivity index (χ0) is 33.1. The second kappa shape index (κ2) is 20.4. The number of methoxy groups -OCH3 is 2. The molecule has 45 heavy (non-hydrogen) atoms. The van der Waals surface area contributed by atoms with Gasteiger partial charge in [0, 0.05) is 39.6 Å². The number of aliphatic carboxylic acids is 1. The van der Waals surface area contributed by atoms with Crippen LogP contribution in [0.15, 0.2) is 60.7 Å². The van der Waals surface area contributed by atoms with Crippen LogP contribution in [0.25, 0.3) is 0 Å². The highest BCUT2D eigenvalue weighted by molar-refractivity contribution is 5.75. The Morgan fingerprint density at radius 1 is 1.04 bits per heavy atom. The molecular formula is C37H54N2O6. The van der Waals surface area contributed by atoms with Crippen molar-refractivity contribution in [3.05, 3.63) is 77.4 Å². The van der Waals surface area contributed by atoms with Crippen LogP contribution in [0.1, 0.15) is 88.8 Å². The van der Waals surface area contributed by atoms with E-state index in [2.05, 4.69) is 48.7 Å². The summed E-state index contributed by atoms with van der Waals surface area (Å²) in [6.45, 7) is 8.07. The number of likely N-dealkylation sites (tertiary alicyclic amines) is 1. The van der Waals surface area contributed by atoms with Gasteiger partial charge in [-0.05, 0) is 78.7 Å². The average molecular weight is 623 g/mol. The van der Waals surface area contributed by atoms with Gasteiger partial charge in [-0.15, -0.1) is 0 Å². The number of carboxylic acid groups (broad SMARTS) is 1. The Labute approximate surface area is 270 Å². The number of piperidine rings is 1. The van der Waals surface area contributed by atoms with Crippen molar-refractivity contribution in [1.82, 2.24) is 10.2 Å². The molecule has 1 atom stereocenters. The number of carboxylic acids is 1. The maximum absolute atomic E-state index is 11.2. The van der Waals surface area contributed by atoms with Gasteiger partial charge in [-0.3, -0.25) is 14.4 Å². The SMILES string of the molecule is CC(CC(=O)O)CC1(c2ccccc2)CCN(C=O)CC1.CCCc1cc(CNC(=O)CC)cc(OC)c1.COC1CC=CC1. The number of ether oxygens (including phenoxy) is 2. The number of hydrogen-bond donors (Lipinski definition) is 2. The van der Waals surface area contributed by atoms with Crippen molar-refractivity contribution in [2.75, 3.05) is 27.3 Å². The van der Waals surface area contributed by atoms with Crippen molar-refractivity contribution >= 4 is 18.3 Å². The van der Waals surface area contributed by atoms with Gasteiger partial charge in [0.1, 0.15) is 5.75 Å². The van der Waals surface area contributed by atoms with Crippen molar-refractivity contribution in [1.29, 1.82) is 0 Å². The third-order valence-corrected chi connectivity index (χ3v) is 8.46. The highest BCUT2D eigenvalue weighted by atomic mass is 16.5. The van der Waals surface area contributed by atoms with Crippen LogP contribution in [0.3, 0.4) is 0 Å². The number of rotatable bonds is 13. The van der Waals surface area contributed by atoms with Gasteiger partial charge < -0.3 is 24.8 Å². The summed E-state index contributed by atoms with van der Waals surface area (Å²) in [6, 6.07) is 16.5. The molecule has 1 aliphatic heterocycles. The number of aryl methyl sites for hydroxylation is 1. The summed E-state index contributed by atoms with van der Waals surface area (Å²) in [6.07, 6.45) is 13.5. The molecule has 0 radical (unpaired) electrons. The molecule has 8 heteroatoms. The van der Waals surface area contributed by atoms with E-state index in [0.717, 1.165) is 75.8 Å². The molecule has 2 amide bonds. The molecule has 2 aromatic rings. The third-order valence-electron chi connectivity index (χ3n) is 8.46. The number of nitrogens with zero attached hydrogens (tertiary/aromatic N) is 1. The second-order valence-corrected chi connectivity index (χ2v) is 12.1. The largest absolute Gasteiger partial charge is 0.497 e. The maximum atomic E-state index is 11.2. The fourth-order valence-electron chi connectivity index (χ4n) is 5.99. The molecule has 2 aromatic carbocycles. The van der Waals surface area contributed by atoms with E-state index in [-0.39, 0.29) is 23.7 Å². The first kappa shape index (κ1) is 37.5. The van der Waals surface area contributed by atoms with Crippen molar-refractivity contribution in [3.8, 4) is 5.75 Å². The Kier molecular flexibility index (Phi) is 17.0. The minimum absolute atomic E-state index is 0.00433. The average Bonchev–Trinajstić information content (AvgIpc) is 3.59. The van der Waals surface area contributed by atoms with Gasteiger partial charge in [-0.25, -0.2) is 0 Å². The number of amides is 2. The van der Waals surface area contributed by atoms with E-state index in [1.165, 1.54) is 11.1 Å². The lowest BCUT2D eigenvalue weighted by molar-refractivity contribution is -0.138. The molecule has 8 nitrogen and oxygen atoms in total. The molecule has 2 N–H and O–H groups in total. The summed E-state index contributed by atoms with van der Waals surface area (Å²) in [5, 5.41) is 11.9. The summed E-state index contributed by atoms with van der Waals surface area (Å²) in [4.78, 5) is 34.9. The van der Waals surface area contributed by atoms with Crippen LogP contribution >= 0.6 is 0 Å². The maximum Gasteiger partial charge on any atom is 0.303 e. The predicted octanol–water partition coefficient (Wildman–Crippen LogP) is 6.70. The van der Waals surface area contributed by atoms with Crippen LogP contribution < -0.4 is 10.1 Å². The number of nitrogens with one attached hydrogen (secondary N) is 1. The van der Waals surface area contributed by atoms with E-state index >= 15 is 0 Å². The molecule has 248 valence electrons. The van der Waals surface area contributed by atoms with E-state index in [9.17, 15) is 14.4 Å². The summed E-state index contributed by atoms with van der Waals surface area (Å²) in [5.74, 6) is 0.322. The third kappa shape index (κ3) is 13.5. The Hall–Kier alpha value is -3.65. The minimum Gasteiger partial charge on any atom is -0.497 e. The van der Waals surface area contributed by atoms with Crippen LogP contribution in [0, 0.1) is 5.92 Å². The number of carbonyl (C=O) groups is 3. The van der Waals surface area contributed by atoms with Gasteiger partial charge in [-0.1, -0.05) is 75.7 Å². The second-order valence-electron chi connectivity index (χ2n) is 12.1. The zero-order valence-corrected chi connectivity index (χ0v) is 27.9. The molecular weight excluding hydrogens is 568 g/mol. The Balaban J connectivity index is 0.000000262. The molecule has 1 heterocycles. The van der Waals surface area contributed by atoms with Crippen LogP contribution in [0.2, 0.25) is 0 Å². The van der Waals surface area contributed by atoms with E-state index in [1.807, 2.05) is 43.0 Å². The molecule has 0 bridgehead atoms. The first-order valence-electron chi connectivity index (χ1n) is 16.3. The van der Waals surface area contributed by atoms with Crippen molar-refractivity contribution in [2.45, 2.75) is 96.6 Å². The van der Waals surface area contributed by atoms with Crippen LogP contribution in [0.5, 0.6) is 5.75 Å². The molecule has 1 fully saturated rings. The first-order chi connectivity index (χ1) is 21.7. The summed E-state index contributed by atoms with van der Waals surface area (Å²) >= 11 is 0. The minimum atomic E-state index is -0.740. The van der Waals surface area contributed by atoms with E-state index < -0.39 is 5.97 Å². The van der Waals surface area contributed by atoms with Gasteiger partial charge in [0.15, 0.2) is 0 Å². The molecule has 0 saturated carbocycles. The molecule has 4 rings (SSSR count). The summed E-state index contributed by atoms with van der Waals surface area (Å²) in [7, 11) is 3.43. The normalized spacial score (nSPS) is 16.0. The highest BCUT2D eigenvalue weighted by Crippen LogP contribution is 2.41. The molecule has 1 unspecified atom stereocenters. The molecule has 0 aromatic heterocycles. The van der Waals surface area contributed by atoms with E-state index in [4.69, 9.17) is 14.6 Å². The van der Waals surface area contributed by atoms with Gasteiger partial charge in [0.05, 0.1) is 13.2 Å². The summed E-state index contributed by atoms with van der Waals surface area (Å²) < 4.78 is 10.3. The zero-order valence-electron chi connectivity index (χ0n) is 27.9. The monoisotopic (exact) mass is 622 g/mol. The highest BCUT2D eigenvalue weighted by Gasteiger charge is 2.37. The van der Waals surface area contributed by atoms with E-state index in [1.54, 1.807) is 14.2 Å². The van der Waals surface area contributed by atoms with Crippen molar-refractivity contribution in [2.24, 2.45) is 5.92 Å². The van der Waals surface area contributed by atoms with E-state index in [0.29, 0.717) is 19.1 Å². The Bertz CT molecular complexity index is 1180. The van der Waals surface area contributed by atoms with Gasteiger partial charge in [-0.2, -0.15) is 0 Å². The number of hydrogen-bond acceptors (Lipinski definition) is 5. The van der Waals surface area contributed by atoms with Crippen LogP contribution in [-0.2, 0) is 37.5 Å². The fraction of sp³-hybridized carbons (Fsp3) is 0.541. The smallest absolute Gasteiger partial charge is 0.303 e. The number of benzene rings is 2. The van der Waals surface area contributed by atoms with Gasteiger partial charge in [0.25, 0.3) is 0 Å². The van der Waals surface area contributed by atoms with Crippen LogP contribution in [0.4, 0.5) is 0 Å². The van der Waals surface area contributed by atoms with Crippen LogP contribution in [-0.4, -0.2) is 61.7 Å². The number of carbonyl (C=O) groups excluding carboxylic acids is 2. The van der Waals surface area contributed by atoms with Gasteiger partial charge >= 0.3 is 5.97 Å². The molecule has 0 spiro atoms. The molecule has 1 saturated heterocycles. The lowest BCUT2D eigenvalue weighted by atomic mass is 9.67. The lowest BCUT2D eigenvalue weighted by Crippen LogP contribution is -2.43. The van der Waals surface area contributed by atoms with Gasteiger partial charge in [0.2, 0.25) is 12.3 Å². The fourth-order valence-corrected chi connectivity index (χ4v) is 5.99. The Morgan fingerprint density at radius 2 is 1.69 bits per heavy atom. The predicted molar refractivity (Wildman–Crippen MR) is 179 cm³/mol. The molecule has 1 aliphatic carbocycles.